The smallest absolute Gasteiger partial charge is 0.333 e. The number of hydrogen-bond acceptors (Lipinski definition) is 6. The van der Waals surface area contributed by atoms with Crippen molar-refractivity contribution in [3.63, 3.8) is 0 Å². The highest BCUT2D eigenvalue weighted by Crippen LogP contribution is 2.28. The molecular weight excluding hydrogens is 250 g/mol. The van der Waals surface area contributed by atoms with Crippen molar-refractivity contribution in [1.82, 2.24) is 24.5 Å². The molecule has 0 aliphatic rings. The van der Waals surface area contributed by atoms with E-state index in [1.807, 2.05) is 14.0 Å². The van der Waals surface area contributed by atoms with E-state index in [9.17, 15) is 10.1 Å². The molecule has 0 saturated carbocycles. The summed E-state index contributed by atoms with van der Waals surface area (Å²) in [6, 6.07) is 0. The maximum atomic E-state index is 11.1. The van der Waals surface area contributed by atoms with Crippen molar-refractivity contribution in [2.75, 3.05) is 5.32 Å². The van der Waals surface area contributed by atoms with E-state index in [0.717, 1.165) is 0 Å². The summed E-state index contributed by atoms with van der Waals surface area (Å²) in [6.07, 6.45) is 1.58. The van der Waals surface area contributed by atoms with Crippen LogP contribution in [0.15, 0.2) is 6.33 Å². The average Bonchev–Trinajstić information content (AvgIpc) is 2.90. The first-order valence-electron chi connectivity index (χ1n) is 5.83. The summed E-state index contributed by atoms with van der Waals surface area (Å²) in [5.41, 5.74) is 0.399. The van der Waals surface area contributed by atoms with Gasteiger partial charge < -0.3 is 9.88 Å². The normalized spacial score (nSPS) is 10.7. The molecule has 0 atom stereocenters. The lowest BCUT2D eigenvalue weighted by Gasteiger charge is -2.06. The molecule has 2 aromatic heterocycles. The van der Waals surface area contributed by atoms with Gasteiger partial charge in [0.15, 0.2) is 5.82 Å². The molecule has 0 amide bonds. The molecule has 9 heteroatoms. The van der Waals surface area contributed by atoms with Crippen molar-refractivity contribution in [3.05, 3.63) is 28.0 Å². The van der Waals surface area contributed by atoms with Crippen LogP contribution < -0.4 is 5.32 Å². The largest absolute Gasteiger partial charge is 0.357 e. The zero-order chi connectivity index (χ0) is 14.0. The average molecular weight is 265 g/mol. The van der Waals surface area contributed by atoms with E-state index < -0.39 is 4.92 Å². The maximum Gasteiger partial charge on any atom is 0.333 e. The highest BCUT2D eigenvalue weighted by atomic mass is 16.6. The molecule has 0 unspecified atom stereocenters. The van der Waals surface area contributed by atoms with Gasteiger partial charge in [-0.2, -0.15) is 5.10 Å². The molecule has 0 aliphatic heterocycles. The quantitative estimate of drug-likeness (QED) is 0.635. The molecule has 0 aromatic carbocycles. The van der Waals surface area contributed by atoms with Crippen molar-refractivity contribution >= 4 is 11.5 Å². The van der Waals surface area contributed by atoms with Crippen LogP contribution >= 0.6 is 0 Å². The van der Waals surface area contributed by atoms with Crippen LogP contribution in [-0.4, -0.2) is 29.5 Å². The van der Waals surface area contributed by atoms with Crippen molar-refractivity contribution in [3.8, 4) is 0 Å². The van der Waals surface area contributed by atoms with Crippen molar-refractivity contribution in [2.24, 2.45) is 7.05 Å². The lowest BCUT2D eigenvalue weighted by Crippen LogP contribution is -2.11. The molecular formula is C10H15N7O2. The fourth-order valence-corrected chi connectivity index (χ4v) is 1.82. The molecule has 0 aliphatic carbocycles. The summed E-state index contributed by atoms with van der Waals surface area (Å²) in [4.78, 5) is 10.7. The summed E-state index contributed by atoms with van der Waals surface area (Å²) >= 11 is 0. The van der Waals surface area contributed by atoms with Crippen molar-refractivity contribution in [2.45, 2.75) is 26.9 Å². The van der Waals surface area contributed by atoms with Gasteiger partial charge in [-0.3, -0.25) is 10.1 Å². The summed E-state index contributed by atoms with van der Waals surface area (Å²) in [5.74, 6) is 1.09. The topological polar surface area (TPSA) is 104 Å². The monoisotopic (exact) mass is 265 g/mol. The fourth-order valence-electron chi connectivity index (χ4n) is 1.82. The van der Waals surface area contributed by atoms with Gasteiger partial charge in [0, 0.05) is 13.6 Å². The van der Waals surface area contributed by atoms with Gasteiger partial charge in [-0.05, 0) is 13.8 Å². The van der Waals surface area contributed by atoms with Crippen LogP contribution in [0.25, 0.3) is 0 Å². The second-order valence-electron chi connectivity index (χ2n) is 4.07. The molecule has 0 spiro atoms. The Bertz CT molecular complexity index is 601. The summed E-state index contributed by atoms with van der Waals surface area (Å²) in [7, 11) is 1.81. The number of nitrogens with zero attached hydrogens (tertiary/aromatic N) is 6. The van der Waals surface area contributed by atoms with Gasteiger partial charge >= 0.3 is 5.69 Å². The molecule has 19 heavy (non-hydrogen) atoms. The van der Waals surface area contributed by atoms with Gasteiger partial charge in [0.1, 0.15) is 12.0 Å². The van der Waals surface area contributed by atoms with E-state index in [1.54, 1.807) is 22.5 Å². The van der Waals surface area contributed by atoms with Crippen LogP contribution in [0.5, 0.6) is 0 Å². The van der Waals surface area contributed by atoms with Crippen LogP contribution in [0.4, 0.5) is 11.5 Å². The minimum atomic E-state index is -0.423. The van der Waals surface area contributed by atoms with Crippen molar-refractivity contribution < 1.29 is 4.92 Å². The number of nitrogens with one attached hydrogen (secondary N) is 1. The molecule has 2 rings (SSSR count). The highest BCUT2D eigenvalue weighted by molar-refractivity contribution is 5.59. The minimum absolute atomic E-state index is 0.00372. The number of rotatable bonds is 5. The van der Waals surface area contributed by atoms with Gasteiger partial charge in [-0.1, -0.05) is 0 Å². The van der Waals surface area contributed by atoms with Crippen molar-refractivity contribution in [1.29, 1.82) is 0 Å². The Morgan fingerprint density at radius 2 is 2.26 bits per heavy atom. The molecule has 9 nitrogen and oxygen atoms in total. The standard InChI is InChI=1S/C10H15N7O2/c1-4-16-10(9(17(18)19)7(2)14-16)11-5-8-13-12-6-15(8)3/h6,11H,4-5H2,1-3H3. The van der Waals surface area contributed by atoms with Crippen LogP contribution in [0.3, 0.4) is 0 Å². The molecule has 2 aromatic rings. The third-order valence-electron chi connectivity index (χ3n) is 2.80. The van der Waals surface area contributed by atoms with E-state index in [4.69, 9.17) is 0 Å². The van der Waals surface area contributed by atoms with Gasteiger partial charge in [-0.15, -0.1) is 10.2 Å². The Kier molecular flexibility index (Phi) is 3.45. The first-order valence-corrected chi connectivity index (χ1v) is 5.83. The number of anilines is 1. The van der Waals surface area contributed by atoms with E-state index in [1.165, 1.54) is 0 Å². The van der Waals surface area contributed by atoms with Gasteiger partial charge in [0.25, 0.3) is 0 Å². The maximum absolute atomic E-state index is 11.1. The van der Waals surface area contributed by atoms with Crippen LogP contribution in [0.1, 0.15) is 18.4 Å². The second-order valence-corrected chi connectivity index (χ2v) is 4.07. The predicted octanol–water partition coefficient (Wildman–Crippen LogP) is 0.860. The third-order valence-corrected chi connectivity index (χ3v) is 2.80. The number of aryl methyl sites for hydroxylation is 3. The second kappa shape index (κ2) is 5.04. The zero-order valence-corrected chi connectivity index (χ0v) is 11.0. The third kappa shape index (κ3) is 2.39. The minimum Gasteiger partial charge on any atom is -0.357 e. The van der Waals surface area contributed by atoms with Crippen LogP contribution in [-0.2, 0) is 20.1 Å². The SMILES string of the molecule is CCn1nc(C)c([N+](=O)[O-])c1NCc1nncn1C. The van der Waals surface area contributed by atoms with Crippen LogP contribution in [0.2, 0.25) is 0 Å². The van der Waals surface area contributed by atoms with Gasteiger partial charge in [0.05, 0.1) is 11.5 Å². The summed E-state index contributed by atoms with van der Waals surface area (Å²) in [6.45, 7) is 4.40. The Morgan fingerprint density at radius 3 is 2.79 bits per heavy atom. The lowest BCUT2D eigenvalue weighted by molar-refractivity contribution is -0.384. The Morgan fingerprint density at radius 1 is 1.53 bits per heavy atom. The van der Waals surface area contributed by atoms with E-state index in [0.29, 0.717) is 30.4 Å². The first-order chi connectivity index (χ1) is 9.04. The Balaban J connectivity index is 2.28. The Labute approximate surface area is 109 Å². The molecule has 1 N–H and O–H groups in total. The molecule has 0 fully saturated rings. The molecule has 0 radical (unpaired) electrons. The summed E-state index contributed by atoms with van der Waals surface area (Å²) < 4.78 is 3.32. The summed E-state index contributed by atoms with van der Waals surface area (Å²) in [5, 5.41) is 25.9. The van der Waals surface area contributed by atoms with E-state index in [2.05, 4.69) is 20.6 Å². The predicted molar refractivity (Wildman–Crippen MR) is 67.6 cm³/mol. The van der Waals surface area contributed by atoms with Crippen LogP contribution in [0, 0.1) is 17.0 Å². The first kappa shape index (κ1) is 13.0. The van der Waals surface area contributed by atoms with Gasteiger partial charge in [-0.25, -0.2) is 4.68 Å². The van der Waals surface area contributed by atoms with E-state index in [-0.39, 0.29) is 5.69 Å². The Hall–Kier alpha value is -2.45. The number of aromatic nitrogens is 5. The highest BCUT2D eigenvalue weighted by Gasteiger charge is 2.24. The molecule has 0 bridgehead atoms. The molecule has 0 saturated heterocycles. The lowest BCUT2D eigenvalue weighted by atomic mass is 10.4. The molecule has 102 valence electrons. The van der Waals surface area contributed by atoms with E-state index >= 15 is 0 Å². The zero-order valence-electron chi connectivity index (χ0n) is 11.0. The fraction of sp³-hybridized carbons (Fsp3) is 0.500. The number of hydrogen-bond donors (Lipinski definition) is 1. The number of nitro groups is 1. The van der Waals surface area contributed by atoms with Gasteiger partial charge in [0.2, 0.25) is 5.82 Å². The molecule has 2 heterocycles.